The Morgan fingerprint density at radius 2 is 1.46 bits per heavy atom. The average molecular weight is 773 g/mol. The second-order valence-electron chi connectivity index (χ2n) is 14.7. The van der Waals surface area contributed by atoms with Crippen molar-refractivity contribution in [3.63, 3.8) is 0 Å². The molecule has 0 radical (unpaired) electrons. The van der Waals surface area contributed by atoms with E-state index in [2.05, 4.69) is 91.3 Å². The first-order valence-electron chi connectivity index (χ1n) is 19.4. The third-order valence-corrected chi connectivity index (χ3v) is 10.6. The summed E-state index contributed by atoms with van der Waals surface area (Å²) in [6.07, 6.45) is 2.71. The Morgan fingerprint density at radius 1 is 0.807 bits per heavy atom. The van der Waals surface area contributed by atoms with Gasteiger partial charge in [-0.05, 0) is 88.9 Å². The van der Waals surface area contributed by atoms with Crippen LogP contribution in [0.25, 0.3) is 55.1 Å². The van der Waals surface area contributed by atoms with Crippen LogP contribution in [0.4, 0.5) is 9.59 Å². The van der Waals surface area contributed by atoms with Crippen molar-refractivity contribution in [3.8, 4) is 22.3 Å². The van der Waals surface area contributed by atoms with E-state index in [1.807, 2.05) is 30.9 Å². The molecule has 296 valence electrons. The molecule has 1 saturated heterocycles. The molecule has 0 bridgehead atoms. The molecule has 5 N–H and O–H groups in total. The topological polar surface area (TPSA) is 183 Å². The highest BCUT2D eigenvalue weighted by Gasteiger charge is 2.37. The Balaban J connectivity index is 1.07. The number of fused-ring (bicyclic) bond motifs is 3. The number of aromatic amines is 2. The Labute approximate surface area is 330 Å². The van der Waals surface area contributed by atoms with Crippen LogP contribution in [0.5, 0.6) is 0 Å². The van der Waals surface area contributed by atoms with Crippen LogP contribution in [0.15, 0.2) is 72.8 Å². The number of imidazole rings is 2. The number of H-pyrrole nitrogens is 2. The second-order valence-corrected chi connectivity index (χ2v) is 14.7. The summed E-state index contributed by atoms with van der Waals surface area (Å²) < 4.78 is 9.27. The number of alkyl carbamates (subject to hydrolysis) is 2. The zero-order valence-electron chi connectivity index (χ0n) is 32.6. The number of aryl methyl sites for hydroxylation is 1. The largest absolute Gasteiger partial charge is 0.453 e. The molecule has 6 aromatic rings. The third-order valence-electron chi connectivity index (χ3n) is 10.6. The van der Waals surface area contributed by atoms with Gasteiger partial charge in [-0.3, -0.25) is 9.59 Å². The molecule has 3 heterocycles. The van der Waals surface area contributed by atoms with Gasteiger partial charge in [0.1, 0.15) is 17.7 Å². The zero-order chi connectivity index (χ0) is 40.1. The van der Waals surface area contributed by atoms with E-state index in [-0.39, 0.29) is 30.3 Å². The number of methoxy groups -OCH3 is 2. The van der Waals surface area contributed by atoms with Crippen molar-refractivity contribution in [2.24, 2.45) is 5.92 Å². The summed E-state index contributed by atoms with van der Waals surface area (Å²) in [4.78, 5) is 67.3. The Morgan fingerprint density at radius 3 is 2.11 bits per heavy atom. The van der Waals surface area contributed by atoms with E-state index in [0.717, 1.165) is 98.8 Å². The van der Waals surface area contributed by atoms with Crippen molar-refractivity contribution < 1.29 is 28.7 Å². The number of rotatable bonds is 13. The number of ether oxygens (including phenoxy) is 2. The summed E-state index contributed by atoms with van der Waals surface area (Å²) in [6.45, 7) is 4.79. The number of likely N-dealkylation sites (tertiary alicyclic amines) is 1. The summed E-state index contributed by atoms with van der Waals surface area (Å²) in [7, 11) is 2.55. The summed E-state index contributed by atoms with van der Waals surface area (Å²) in [6, 6.07) is 24.4. The lowest BCUT2D eigenvalue weighted by molar-refractivity contribution is -0.135. The van der Waals surface area contributed by atoms with Gasteiger partial charge in [-0.2, -0.15) is 0 Å². The van der Waals surface area contributed by atoms with E-state index in [4.69, 9.17) is 14.7 Å². The highest BCUT2D eigenvalue weighted by Crippen LogP contribution is 2.37. The lowest BCUT2D eigenvalue weighted by Crippen LogP contribution is -2.51. The molecular formula is C43H48N8O6. The molecular weight excluding hydrogens is 725 g/mol. The average Bonchev–Trinajstić information content (AvgIpc) is 3.98. The minimum atomic E-state index is -0.695. The van der Waals surface area contributed by atoms with Gasteiger partial charge in [-0.25, -0.2) is 19.6 Å². The summed E-state index contributed by atoms with van der Waals surface area (Å²) in [5.41, 5.74) is 7.91. The Kier molecular flexibility index (Phi) is 11.7. The first-order chi connectivity index (χ1) is 27.6. The van der Waals surface area contributed by atoms with E-state index in [9.17, 15) is 19.2 Å². The Bertz CT molecular complexity index is 2440. The maximum Gasteiger partial charge on any atom is 0.407 e. The van der Waals surface area contributed by atoms with E-state index in [0.29, 0.717) is 13.1 Å². The lowest BCUT2D eigenvalue weighted by Gasteiger charge is -2.29. The van der Waals surface area contributed by atoms with Crippen LogP contribution in [0.2, 0.25) is 0 Å². The third kappa shape index (κ3) is 8.54. The monoisotopic (exact) mass is 772 g/mol. The zero-order valence-corrected chi connectivity index (χ0v) is 32.6. The van der Waals surface area contributed by atoms with Crippen LogP contribution in [-0.4, -0.2) is 88.7 Å². The molecule has 4 amide bonds. The fourth-order valence-corrected chi connectivity index (χ4v) is 7.64. The molecule has 0 aliphatic carbocycles. The van der Waals surface area contributed by atoms with Crippen LogP contribution < -0.4 is 16.0 Å². The van der Waals surface area contributed by atoms with Crippen LogP contribution in [-0.2, 0) is 25.5 Å². The van der Waals surface area contributed by atoms with Crippen molar-refractivity contribution in [2.75, 3.05) is 33.9 Å². The molecule has 1 aliphatic heterocycles. The van der Waals surface area contributed by atoms with Crippen LogP contribution >= 0.6 is 0 Å². The van der Waals surface area contributed by atoms with Crippen LogP contribution in [0, 0.1) is 5.92 Å². The SMILES string of the molecule is COC(=O)NCC(=O)NCCCCc1nc2ccc(-c3cccc4c(-c5ccc6nc(C7CCCN7C(=O)C(NC(=O)OC)C(C)C)[nH]c6c5)cccc34)cc2[nH]1. The maximum atomic E-state index is 13.7. The number of nitrogens with one attached hydrogen (secondary N) is 5. The molecule has 0 spiro atoms. The number of carbonyl (C=O) groups is 4. The number of nitrogens with zero attached hydrogens (tertiary/aromatic N) is 3. The first-order valence-corrected chi connectivity index (χ1v) is 19.4. The number of hydrogen-bond acceptors (Lipinski definition) is 8. The van der Waals surface area contributed by atoms with Crippen molar-refractivity contribution in [3.05, 3.63) is 84.4 Å². The van der Waals surface area contributed by atoms with Gasteiger partial charge >= 0.3 is 12.2 Å². The van der Waals surface area contributed by atoms with Gasteiger partial charge in [0.2, 0.25) is 11.8 Å². The molecule has 2 aromatic heterocycles. The van der Waals surface area contributed by atoms with Crippen LogP contribution in [0.1, 0.15) is 57.2 Å². The normalized spacial score (nSPS) is 14.6. The van der Waals surface area contributed by atoms with Crippen molar-refractivity contribution >= 4 is 56.8 Å². The van der Waals surface area contributed by atoms with Crippen molar-refractivity contribution in [2.45, 2.75) is 58.0 Å². The number of unbranched alkanes of at least 4 members (excludes halogenated alkanes) is 1. The van der Waals surface area contributed by atoms with Crippen molar-refractivity contribution in [1.82, 2.24) is 40.8 Å². The maximum absolute atomic E-state index is 13.7. The summed E-state index contributed by atoms with van der Waals surface area (Å²) in [5.74, 6) is 1.12. The van der Waals surface area contributed by atoms with Gasteiger partial charge in [0.25, 0.3) is 0 Å². The fourth-order valence-electron chi connectivity index (χ4n) is 7.64. The van der Waals surface area contributed by atoms with Gasteiger partial charge in [0.15, 0.2) is 0 Å². The molecule has 57 heavy (non-hydrogen) atoms. The molecule has 1 fully saturated rings. The molecule has 2 atom stereocenters. The smallest absolute Gasteiger partial charge is 0.407 e. The van der Waals surface area contributed by atoms with Gasteiger partial charge in [0.05, 0.1) is 48.9 Å². The standard InChI is InChI=1S/C43H48N8O6/c1-25(2)39(50-43(55)57-4)41(53)51-21-9-14-36(51)40-48-33-19-17-27(23-35(33)49-40)29-11-8-12-30-28(10-7-13-31(29)30)26-16-18-32-34(22-26)47-37(46-32)15-5-6-20-44-38(52)24-45-42(54)56-3/h7-8,10-13,16-19,22-23,25,36,39H,5-6,9,14-15,20-21,24H2,1-4H3,(H,44,52)(H,45,54)(H,46,47)(H,48,49)(H,50,55). The first kappa shape index (κ1) is 38.8. The molecule has 1 aliphatic rings. The van der Waals surface area contributed by atoms with Gasteiger partial charge in [-0.1, -0.05) is 62.4 Å². The predicted octanol–water partition coefficient (Wildman–Crippen LogP) is 6.77. The molecule has 2 unspecified atom stereocenters. The minimum absolute atomic E-state index is 0.111. The summed E-state index contributed by atoms with van der Waals surface area (Å²) >= 11 is 0. The highest BCUT2D eigenvalue weighted by molar-refractivity contribution is 6.05. The van der Waals surface area contributed by atoms with E-state index < -0.39 is 18.2 Å². The predicted molar refractivity (Wildman–Crippen MR) is 218 cm³/mol. The number of amides is 4. The number of carbonyl (C=O) groups excluding carboxylic acids is 4. The summed E-state index contributed by atoms with van der Waals surface area (Å²) in [5, 5.41) is 10.1. The van der Waals surface area contributed by atoms with Gasteiger partial charge < -0.3 is 40.3 Å². The van der Waals surface area contributed by atoms with E-state index in [1.165, 1.54) is 14.2 Å². The molecule has 14 heteroatoms. The highest BCUT2D eigenvalue weighted by atomic mass is 16.5. The number of benzene rings is 4. The second kappa shape index (κ2) is 17.1. The lowest BCUT2D eigenvalue weighted by atomic mass is 9.93. The minimum Gasteiger partial charge on any atom is -0.453 e. The molecule has 7 rings (SSSR count). The van der Waals surface area contributed by atoms with Gasteiger partial charge in [-0.15, -0.1) is 0 Å². The van der Waals surface area contributed by atoms with E-state index in [1.54, 1.807) is 0 Å². The van der Waals surface area contributed by atoms with E-state index >= 15 is 0 Å². The molecule has 4 aromatic carbocycles. The molecule has 0 saturated carbocycles. The number of aromatic nitrogens is 4. The fraction of sp³-hybridized carbons (Fsp3) is 0.349. The van der Waals surface area contributed by atoms with Crippen molar-refractivity contribution in [1.29, 1.82) is 0 Å². The quantitative estimate of drug-likeness (QED) is 0.0798. The Hall–Kier alpha value is -6.44. The number of hydrogen-bond donors (Lipinski definition) is 5. The van der Waals surface area contributed by atoms with Gasteiger partial charge in [0, 0.05) is 19.5 Å². The molecule has 14 nitrogen and oxygen atoms in total. The van der Waals surface area contributed by atoms with Crippen LogP contribution in [0.3, 0.4) is 0 Å².